The Morgan fingerprint density at radius 2 is 2.06 bits per heavy atom. The molecule has 7 heteroatoms. The molecule has 1 aromatic heterocycles. The van der Waals surface area contributed by atoms with Crippen molar-refractivity contribution >= 4 is 5.91 Å². The average Bonchev–Trinajstić information content (AvgIpc) is 3.24. The summed E-state index contributed by atoms with van der Waals surface area (Å²) in [7, 11) is 1.82. The van der Waals surface area contributed by atoms with Crippen LogP contribution in [0.4, 0.5) is 8.78 Å². The number of carbonyl (C=O) groups is 1. The lowest BCUT2D eigenvalue weighted by molar-refractivity contribution is -0.133. The highest BCUT2D eigenvalue weighted by atomic mass is 19.1. The average molecular weight is 440 g/mol. The van der Waals surface area contributed by atoms with Crippen molar-refractivity contribution in [1.82, 2.24) is 14.8 Å². The fourth-order valence-electron chi connectivity index (χ4n) is 4.15. The second-order valence-corrected chi connectivity index (χ2v) is 8.41. The predicted octanol–water partition coefficient (Wildman–Crippen LogP) is 4.38. The largest absolute Gasteiger partial charge is 0.445 e. The van der Waals surface area contributed by atoms with Gasteiger partial charge in [0.15, 0.2) is 5.89 Å². The van der Waals surface area contributed by atoms with Crippen LogP contribution in [0.3, 0.4) is 0 Å². The van der Waals surface area contributed by atoms with E-state index in [4.69, 9.17) is 4.42 Å². The molecular weight excluding hydrogens is 412 g/mol. The van der Waals surface area contributed by atoms with Gasteiger partial charge in [-0.1, -0.05) is 30.3 Å². The van der Waals surface area contributed by atoms with E-state index in [2.05, 4.69) is 4.98 Å². The SMILES string of the molecule is CN(CC(=O)N1CCCC(c2ncc(Cc3cccc(F)c3)o2)C1)Cc1ccccc1F. The predicted molar refractivity (Wildman–Crippen MR) is 117 cm³/mol. The van der Waals surface area contributed by atoms with Crippen LogP contribution in [-0.4, -0.2) is 47.4 Å². The first-order chi connectivity index (χ1) is 15.5. The summed E-state index contributed by atoms with van der Waals surface area (Å²) < 4.78 is 33.2. The van der Waals surface area contributed by atoms with E-state index < -0.39 is 0 Å². The quantitative estimate of drug-likeness (QED) is 0.548. The van der Waals surface area contributed by atoms with Crippen LogP contribution in [0.2, 0.25) is 0 Å². The van der Waals surface area contributed by atoms with Crippen molar-refractivity contribution in [3.8, 4) is 0 Å². The van der Waals surface area contributed by atoms with Gasteiger partial charge in [0.05, 0.1) is 18.7 Å². The Morgan fingerprint density at radius 1 is 1.22 bits per heavy atom. The van der Waals surface area contributed by atoms with Gasteiger partial charge in [-0.2, -0.15) is 0 Å². The molecule has 5 nitrogen and oxygen atoms in total. The van der Waals surface area contributed by atoms with Crippen molar-refractivity contribution in [2.75, 3.05) is 26.7 Å². The number of piperidine rings is 1. The maximum atomic E-state index is 13.9. The Bertz CT molecular complexity index is 1070. The van der Waals surface area contributed by atoms with Crippen LogP contribution in [0.25, 0.3) is 0 Å². The van der Waals surface area contributed by atoms with Crippen LogP contribution in [-0.2, 0) is 17.8 Å². The maximum absolute atomic E-state index is 13.9. The van der Waals surface area contributed by atoms with Crippen molar-refractivity contribution in [2.24, 2.45) is 0 Å². The molecule has 1 aliphatic heterocycles. The Morgan fingerprint density at radius 3 is 2.88 bits per heavy atom. The summed E-state index contributed by atoms with van der Waals surface area (Å²) in [6.07, 6.45) is 3.92. The number of benzene rings is 2. The number of likely N-dealkylation sites (N-methyl/N-ethyl adjacent to an activating group) is 1. The Labute approximate surface area is 186 Å². The number of likely N-dealkylation sites (tertiary alicyclic amines) is 1. The summed E-state index contributed by atoms with van der Waals surface area (Å²) in [4.78, 5) is 20.9. The van der Waals surface area contributed by atoms with Crippen LogP contribution in [0, 0.1) is 11.6 Å². The molecule has 1 unspecified atom stereocenters. The minimum atomic E-state index is -0.274. The number of amides is 1. The molecule has 1 fully saturated rings. The van der Waals surface area contributed by atoms with Crippen LogP contribution < -0.4 is 0 Å². The molecule has 1 aliphatic rings. The number of rotatable bonds is 7. The molecule has 0 spiro atoms. The first-order valence-electron chi connectivity index (χ1n) is 10.9. The molecule has 4 rings (SSSR count). The summed E-state index contributed by atoms with van der Waals surface area (Å²) in [5.41, 5.74) is 1.40. The molecule has 0 saturated carbocycles. The summed E-state index contributed by atoms with van der Waals surface area (Å²) in [6.45, 7) is 1.84. The van der Waals surface area contributed by atoms with E-state index in [0.717, 1.165) is 18.4 Å². The molecule has 2 aromatic carbocycles. The van der Waals surface area contributed by atoms with Crippen LogP contribution >= 0.6 is 0 Å². The highest BCUT2D eigenvalue weighted by Crippen LogP contribution is 2.27. The molecule has 168 valence electrons. The zero-order valence-electron chi connectivity index (χ0n) is 18.1. The molecular formula is C25H27F2N3O2. The van der Waals surface area contributed by atoms with Gasteiger partial charge in [0.2, 0.25) is 5.91 Å². The minimum absolute atomic E-state index is 0.0140. The van der Waals surface area contributed by atoms with Gasteiger partial charge >= 0.3 is 0 Å². The van der Waals surface area contributed by atoms with Gasteiger partial charge in [-0.3, -0.25) is 9.69 Å². The first kappa shape index (κ1) is 22.1. The summed E-state index contributed by atoms with van der Waals surface area (Å²) in [5, 5.41) is 0. The Hall–Kier alpha value is -3.06. The van der Waals surface area contributed by atoms with Crippen LogP contribution in [0.5, 0.6) is 0 Å². The molecule has 0 N–H and O–H groups in total. The van der Waals surface area contributed by atoms with Crippen LogP contribution in [0.15, 0.2) is 59.1 Å². The van der Waals surface area contributed by atoms with Crippen molar-refractivity contribution in [3.63, 3.8) is 0 Å². The van der Waals surface area contributed by atoms with E-state index >= 15 is 0 Å². The van der Waals surface area contributed by atoms with E-state index in [-0.39, 0.29) is 30.0 Å². The van der Waals surface area contributed by atoms with Gasteiger partial charge in [-0.05, 0) is 43.7 Å². The van der Waals surface area contributed by atoms with Gasteiger partial charge in [0.1, 0.15) is 17.4 Å². The molecule has 1 atom stereocenters. The standard InChI is InChI=1S/C25H27F2N3O2/c1-29(15-19-7-2-3-10-23(19)27)17-24(31)30-11-5-8-20(16-30)25-28-14-22(32-25)13-18-6-4-9-21(26)12-18/h2-4,6-7,9-10,12,14,20H,5,8,11,13,15-17H2,1H3. The van der Waals surface area contributed by atoms with E-state index in [1.165, 1.54) is 18.2 Å². The first-order valence-corrected chi connectivity index (χ1v) is 10.9. The lowest BCUT2D eigenvalue weighted by Crippen LogP contribution is -2.43. The smallest absolute Gasteiger partial charge is 0.236 e. The maximum Gasteiger partial charge on any atom is 0.236 e. The lowest BCUT2D eigenvalue weighted by Gasteiger charge is -2.32. The number of nitrogens with zero attached hydrogens (tertiary/aromatic N) is 3. The van der Waals surface area contributed by atoms with E-state index in [1.807, 2.05) is 22.9 Å². The van der Waals surface area contributed by atoms with Crippen molar-refractivity contribution in [2.45, 2.75) is 31.7 Å². The Balaban J connectivity index is 1.33. The summed E-state index contributed by atoms with van der Waals surface area (Å²) >= 11 is 0. The normalized spacial score (nSPS) is 16.5. The highest BCUT2D eigenvalue weighted by molar-refractivity contribution is 5.78. The van der Waals surface area contributed by atoms with E-state index in [9.17, 15) is 13.6 Å². The molecule has 1 saturated heterocycles. The number of hydrogen-bond donors (Lipinski definition) is 0. The number of aromatic nitrogens is 1. The monoisotopic (exact) mass is 439 g/mol. The third-order valence-electron chi connectivity index (χ3n) is 5.77. The second-order valence-electron chi connectivity index (χ2n) is 8.41. The molecule has 0 aliphatic carbocycles. The third-order valence-corrected chi connectivity index (χ3v) is 5.77. The Kier molecular flexibility index (Phi) is 6.95. The molecule has 32 heavy (non-hydrogen) atoms. The molecule has 2 heterocycles. The lowest BCUT2D eigenvalue weighted by atomic mass is 9.98. The zero-order valence-corrected chi connectivity index (χ0v) is 18.1. The van der Waals surface area contributed by atoms with Crippen molar-refractivity contribution in [3.05, 3.63) is 89.1 Å². The highest BCUT2D eigenvalue weighted by Gasteiger charge is 2.28. The summed E-state index contributed by atoms with van der Waals surface area (Å²) in [5.74, 6) is 0.810. The minimum Gasteiger partial charge on any atom is -0.445 e. The van der Waals surface area contributed by atoms with Gasteiger partial charge < -0.3 is 9.32 Å². The van der Waals surface area contributed by atoms with E-state index in [1.54, 1.807) is 30.5 Å². The molecule has 3 aromatic rings. The van der Waals surface area contributed by atoms with Gasteiger partial charge in [-0.25, -0.2) is 13.8 Å². The summed E-state index contributed by atoms with van der Waals surface area (Å²) in [6, 6.07) is 13.0. The van der Waals surface area contributed by atoms with Crippen molar-refractivity contribution < 1.29 is 18.0 Å². The van der Waals surface area contributed by atoms with Gasteiger partial charge in [-0.15, -0.1) is 0 Å². The van der Waals surface area contributed by atoms with Gasteiger partial charge in [0.25, 0.3) is 0 Å². The topological polar surface area (TPSA) is 49.6 Å². The third kappa shape index (κ3) is 5.59. The molecule has 0 radical (unpaired) electrons. The molecule has 0 bridgehead atoms. The number of hydrogen-bond acceptors (Lipinski definition) is 4. The van der Waals surface area contributed by atoms with Crippen molar-refractivity contribution in [1.29, 1.82) is 0 Å². The zero-order chi connectivity index (χ0) is 22.5. The fourth-order valence-corrected chi connectivity index (χ4v) is 4.15. The number of halogens is 2. The second kappa shape index (κ2) is 10.0. The van der Waals surface area contributed by atoms with E-state index in [0.29, 0.717) is 43.3 Å². The van der Waals surface area contributed by atoms with Gasteiger partial charge in [0, 0.05) is 31.6 Å². The number of carbonyl (C=O) groups excluding carboxylic acids is 1. The number of oxazole rings is 1. The molecule has 1 amide bonds. The fraction of sp³-hybridized carbons (Fsp3) is 0.360. The van der Waals surface area contributed by atoms with Crippen LogP contribution in [0.1, 0.15) is 41.5 Å².